The molecule has 0 saturated carbocycles. The van der Waals surface area contributed by atoms with Gasteiger partial charge >= 0.3 is 0 Å². The van der Waals surface area contributed by atoms with Gasteiger partial charge in [0, 0.05) is 36.5 Å². The molecule has 1 saturated heterocycles. The summed E-state index contributed by atoms with van der Waals surface area (Å²) in [6.07, 6.45) is 3.97. The lowest BCUT2D eigenvalue weighted by molar-refractivity contribution is 0.0609. The van der Waals surface area contributed by atoms with Crippen LogP contribution >= 0.6 is 15.9 Å². The highest BCUT2D eigenvalue weighted by molar-refractivity contribution is 9.10. The Kier molecular flexibility index (Phi) is 3.59. The van der Waals surface area contributed by atoms with Gasteiger partial charge in [-0.2, -0.15) is 0 Å². The van der Waals surface area contributed by atoms with Crippen LogP contribution in [-0.4, -0.2) is 17.8 Å². The Hall–Kier alpha value is -0.610. The van der Waals surface area contributed by atoms with Crippen molar-refractivity contribution in [1.82, 2.24) is 4.57 Å². The average Bonchev–Trinajstić information content (AvgIpc) is 2.25. The molecule has 2 rings (SSSR count). The van der Waals surface area contributed by atoms with Crippen molar-refractivity contribution >= 4 is 15.9 Å². The van der Waals surface area contributed by atoms with Gasteiger partial charge in [-0.1, -0.05) is 0 Å². The second-order valence-corrected chi connectivity index (χ2v) is 4.81. The Balaban J connectivity index is 2.09. The van der Waals surface area contributed by atoms with Gasteiger partial charge in [0.15, 0.2) is 0 Å². The molecule has 0 N–H and O–H groups in total. The number of hydrogen-bond donors (Lipinski definition) is 0. The highest BCUT2D eigenvalue weighted by Crippen LogP contribution is 2.16. The maximum Gasteiger partial charge on any atom is 0.250 e. The smallest absolute Gasteiger partial charge is 0.250 e. The maximum atomic E-state index is 11.6. The first-order valence-corrected chi connectivity index (χ1v) is 5.99. The van der Waals surface area contributed by atoms with Crippen LogP contribution in [0.3, 0.4) is 0 Å². The van der Waals surface area contributed by atoms with E-state index in [0.717, 1.165) is 37.1 Å². The minimum absolute atomic E-state index is 0.0738. The zero-order valence-electron chi connectivity index (χ0n) is 8.49. The molecule has 0 amide bonds. The summed E-state index contributed by atoms with van der Waals surface area (Å²) in [4.78, 5) is 11.6. The minimum atomic E-state index is 0.0738. The molecular formula is C11H14BrNO2. The van der Waals surface area contributed by atoms with Crippen LogP contribution in [-0.2, 0) is 11.3 Å². The molecule has 82 valence electrons. The fourth-order valence-corrected chi connectivity index (χ4v) is 2.23. The summed E-state index contributed by atoms with van der Waals surface area (Å²) in [5.74, 6) is 0.575. The van der Waals surface area contributed by atoms with Crippen molar-refractivity contribution in [3.8, 4) is 0 Å². The van der Waals surface area contributed by atoms with E-state index in [9.17, 15) is 4.79 Å². The zero-order chi connectivity index (χ0) is 10.7. The van der Waals surface area contributed by atoms with Crippen LogP contribution in [0.25, 0.3) is 0 Å². The van der Waals surface area contributed by atoms with Gasteiger partial charge in [-0.05, 0) is 40.8 Å². The topological polar surface area (TPSA) is 31.2 Å². The van der Waals surface area contributed by atoms with Crippen molar-refractivity contribution in [3.05, 3.63) is 33.2 Å². The molecule has 0 aliphatic carbocycles. The highest BCUT2D eigenvalue weighted by Gasteiger charge is 2.14. The molecule has 15 heavy (non-hydrogen) atoms. The minimum Gasteiger partial charge on any atom is -0.381 e. The summed E-state index contributed by atoms with van der Waals surface area (Å²) >= 11 is 3.38. The van der Waals surface area contributed by atoms with E-state index in [4.69, 9.17) is 4.74 Å². The lowest BCUT2D eigenvalue weighted by Crippen LogP contribution is -2.26. The van der Waals surface area contributed by atoms with Gasteiger partial charge in [-0.15, -0.1) is 0 Å². The fourth-order valence-electron chi connectivity index (χ4n) is 1.85. The quantitative estimate of drug-likeness (QED) is 0.825. The molecule has 1 aliphatic heterocycles. The molecule has 0 radical (unpaired) electrons. The van der Waals surface area contributed by atoms with Gasteiger partial charge in [0.2, 0.25) is 0 Å². The zero-order valence-corrected chi connectivity index (χ0v) is 10.1. The maximum absolute atomic E-state index is 11.6. The van der Waals surface area contributed by atoms with Crippen LogP contribution in [0.5, 0.6) is 0 Å². The SMILES string of the molecule is O=c1ccc(Br)cn1CC1CCOCC1. The predicted molar refractivity (Wildman–Crippen MR) is 61.9 cm³/mol. The first-order chi connectivity index (χ1) is 7.25. The molecule has 0 atom stereocenters. The van der Waals surface area contributed by atoms with Gasteiger partial charge < -0.3 is 9.30 Å². The van der Waals surface area contributed by atoms with Gasteiger partial charge in [0.05, 0.1) is 0 Å². The third kappa shape index (κ3) is 2.92. The van der Waals surface area contributed by atoms with E-state index >= 15 is 0 Å². The largest absolute Gasteiger partial charge is 0.381 e. The third-order valence-electron chi connectivity index (χ3n) is 2.74. The summed E-state index contributed by atoms with van der Waals surface area (Å²) in [7, 11) is 0. The lowest BCUT2D eigenvalue weighted by atomic mass is 10.0. The van der Waals surface area contributed by atoms with E-state index in [2.05, 4.69) is 15.9 Å². The average molecular weight is 272 g/mol. The summed E-state index contributed by atoms with van der Waals surface area (Å²) < 4.78 is 8.03. The van der Waals surface area contributed by atoms with Gasteiger partial charge in [-0.3, -0.25) is 4.79 Å². The molecule has 0 unspecified atom stereocenters. The van der Waals surface area contributed by atoms with Crippen molar-refractivity contribution in [3.63, 3.8) is 0 Å². The number of pyridine rings is 1. The second kappa shape index (κ2) is 4.94. The molecule has 0 aromatic carbocycles. The normalized spacial score (nSPS) is 17.9. The first kappa shape index (κ1) is 10.9. The number of ether oxygens (including phenoxy) is 1. The predicted octanol–water partition coefficient (Wildman–Crippen LogP) is 2.04. The van der Waals surface area contributed by atoms with Crippen molar-refractivity contribution in [2.24, 2.45) is 5.92 Å². The Morgan fingerprint density at radius 1 is 1.40 bits per heavy atom. The van der Waals surface area contributed by atoms with E-state index in [1.54, 1.807) is 16.7 Å². The van der Waals surface area contributed by atoms with Crippen molar-refractivity contribution < 1.29 is 4.74 Å². The first-order valence-electron chi connectivity index (χ1n) is 5.19. The van der Waals surface area contributed by atoms with Crippen LogP contribution in [0.15, 0.2) is 27.6 Å². The summed E-state index contributed by atoms with van der Waals surface area (Å²) in [6, 6.07) is 3.38. The summed E-state index contributed by atoms with van der Waals surface area (Å²) in [5.41, 5.74) is 0.0738. The molecule has 1 aromatic heterocycles. The Morgan fingerprint density at radius 3 is 2.87 bits per heavy atom. The summed E-state index contributed by atoms with van der Waals surface area (Å²) in [5, 5.41) is 0. The fraction of sp³-hybridized carbons (Fsp3) is 0.545. The number of aromatic nitrogens is 1. The van der Waals surface area contributed by atoms with Gasteiger partial charge in [0.1, 0.15) is 0 Å². The molecule has 0 spiro atoms. The summed E-state index contributed by atoms with van der Waals surface area (Å²) in [6.45, 7) is 2.46. The van der Waals surface area contributed by atoms with Crippen LogP contribution in [0, 0.1) is 5.92 Å². The van der Waals surface area contributed by atoms with E-state index in [0.29, 0.717) is 5.92 Å². The standard InChI is InChI=1S/C11H14BrNO2/c12-10-1-2-11(14)13(8-10)7-9-3-5-15-6-4-9/h1-2,8-9H,3-7H2. The monoisotopic (exact) mass is 271 g/mol. The van der Waals surface area contributed by atoms with Gasteiger partial charge in [-0.25, -0.2) is 0 Å². The number of rotatable bonds is 2. The van der Waals surface area contributed by atoms with Crippen LogP contribution in [0.1, 0.15) is 12.8 Å². The van der Waals surface area contributed by atoms with E-state index in [1.807, 2.05) is 6.20 Å². The highest BCUT2D eigenvalue weighted by atomic mass is 79.9. The van der Waals surface area contributed by atoms with Crippen molar-refractivity contribution in [2.45, 2.75) is 19.4 Å². The van der Waals surface area contributed by atoms with Gasteiger partial charge in [0.25, 0.3) is 5.56 Å². The van der Waals surface area contributed by atoms with Crippen molar-refractivity contribution in [2.75, 3.05) is 13.2 Å². The molecule has 1 aliphatic rings. The van der Waals surface area contributed by atoms with Crippen LogP contribution in [0.4, 0.5) is 0 Å². The van der Waals surface area contributed by atoms with Crippen LogP contribution < -0.4 is 5.56 Å². The molecule has 1 fully saturated rings. The molecule has 1 aromatic rings. The van der Waals surface area contributed by atoms with E-state index in [-0.39, 0.29) is 5.56 Å². The Bertz CT molecular complexity index is 382. The van der Waals surface area contributed by atoms with E-state index < -0.39 is 0 Å². The number of nitrogens with zero attached hydrogens (tertiary/aromatic N) is 1. The molecule has 4 heteroatoms. The second-order valence-electron chi connectivity index (χ2n) is 3.89. The van der Waals surface area contributed by atoms with Crippen molar-refractivity contribution in [1.29, 1.82) is 0 Å². The third-order valence-corrected chi connectivity index (χ3v) is 3.21. The van der Waals surface area contributed by atoms with Crippen LogP contribution in [0.2, 0.25) is 0 Å². The Morgan fingerprint density at radius 2 is 2.13 bits per heavy atom. The number of hydrogen-bond acceptors (Lipinski definition) is 2. The molecule has 0 bridgehead atoms. The van der Waals surface area contributed by atoms with E-state index in [1.165, 1.54) is 0 Å². The molecule has 3 nitrogen and oxygen atoms in total. The Labute approximate surface area is 97.2 Å². The molecular weight excluding hydrogens is 258 g/mol. The number of halogens is 1. The molecule has 2 heterocycles. The lowest BCUT2D eigenvalue weighted by Gasteiger charge is -2.22.